The highest BCUT2D eigenvalue weighted by molar-refractivity contribution is 5.91. The molecule has 0 unspecified atom stereocenters. The fraction of sp³-hybridized carbons (Fsp3) is 0.176. The molecule has 1 amide bonds. The molecule has 112 valence electrons. The van der Waals surface area contributed by atoms with Crippen molar-refractivity contribution in [1.82, 2.24) is 15.1 Å². The first-order valence-corrected chi connectivity index (χ1v) is 7.04. The van der Waals surface area contributed by atoms with E-state index < -0.39 is 0 Å². The van der Waals surface area contributed by atoms with Crippen molar-refractivity contribution in [2.75, 3.05) is 7.11 Å². The van der Waals surface area contributed by atoms with Crippen LogP contribution in [0.15, 0.2) is 48.5 Å². The number of fused-ring (bicyclic) bond motifs is 1. The van der Waals surface area contributed by atoms with E-state index in [1.54, 1.807) is 7.11 Å². The summed E-state index contributed by atoms with van der Waals surface area (Å²) in [5.41, 5.74) is 2.62. The van der Waals surface area contributed by atoms with Crippen LogP contribution in [0.1, 0.15) is 11.3 Å². The van der Waals surface area contributed by atoms with Gasteiger partial charge in [0.2, 0.25) is 0 Å². The molecule has 1 aromatic heterocycles. The molecule has 0 spiro atoms. The lowest BCUT2D eigenvalue weighted by Crippen LogP contribution is -2.28. The summed E-state index contributed by atoms with van der Waals surface area (Å²) >= 11 is 0. The van der Waals surface area contributed by atoms with Gasteiger partial charge in [0.05, 0.1) is 18.3 Å². The smallest absolute Gasteiger partial charge is 0.342 e. The van der Waals surface area contributed by atoms with Crippen LogP contribution >= 0.6 is 0 Å². The summed E-state index contributed by atoms with van der Waals surface area (Å²) in [6, 6.07) is 15.0. The SMILES string of the molecule is COc1cccc(CNC(=O)n2nc(C)c3ccccc32)c1. The van der Waals surface area contributed by atoms with E-state index in [4.69, 9.17) is 4.74 Å². The van der Waals surface area contributed by atoms with Crippen LogP contribution < -0.4 is 10.1 Å². The summed E-state index contributed by atoms with van der Waals surface area (Å²) < 4.78 is 6.58. The van der Waals surface area contributed by atoms with Gasteiger partial charge in [0.25, 0.3) is 0 Å². The molecule has 0 bridgehead atoms. The summed E-state index contributed by atoms with van der Waals surface area (Å²) in [7, 11) is 1.62. The van der Waals surface area contributed by atoms with E-state index in [0.29, 0.717) is 6.54 Å². The van der Waals surface area contributed by atoms with Gasteiger partial charge in [-0.2, -0.15) is 9.78 Å². The molecule has 2 aromatic carbocycles. The zero-order valence-electron chi connectivity index (χ0n) is 12.5. The molecule has 5 nitrogen and oxygen atoms in total. The Kier molecular flexibility index (Phi) is 3.78. The Hall–Kier alpha value is -2.82. The number of aromatic nitrogens is 2. The Morgan fingerprint density at radius 3 is 2.86 bits per heavy atom. The highest BCUT2D eigenvalue weighted by atomic mass is 16.5. The molecule has 0 saturated heterocycles. The number of amides is 1. The van der Waals surface area contributed by atoms with Gasteiger partial charge in [-0.1, -0.05) is 30.3 Å². The lowest BCUT2D eigenvalue weighted by molar-refractivity contribution is 0.240. The van der Waals surface area contributed by atoms with Gasteiger partial charge in [-0.25, -0.2) is 4.79 Å². The number of methoxy groups -OCH3 is 1. The highest BCUT2D eigenvalue weighted by Gasteiger charge is 2.12. The van der Waals surface area contributed by atoms with Crippen LogP contribution in [0.25, 0.3) is 10.9 Å². The lowest BCUT2D eigenvalue weighted by atomic mass is 10.2. The van der Waals surface area contributed by atoms with Crippen molar-refractivity contribution in [3.05, 3.63) is 59.8 Å². The molecule has 3 aromatic rings. The number of nitrogens with zero attached hydrogens (tertiary/aromatic N) is 2. The molecule has 1 heterocycles. The van der Waals surface area contributed by atoms with Gasteiger partial charge >= 0.3 is 6.03 Å². The number of hydrogen-bond acceptors (Lipinski definition) is 3. The second-order valence-electron chi connectivity index (χ2n) is 5.02. The number of benzene rings is 2. The molecule has 0 radical (unpaired) electrons. The molecule has 3 rings (SSSR count). The minimum absolute atomic E-state index is 0.243. The standard InChI is InChI=1S/C17H17N3O2/c1-12-15-8-3-4-9-16(15)20(19-12)17(21)18-11-13-6-5-7-14(10-13)22-2/h3-10H,11H2,1-2H3,(H,18,21). The van der Waals surface area contributed by atoms with Crippen LogP contribution in [0.2, 0.25) is 0 Å². The average Bonchev–Trinajstić information content (AvgIpc) is 2.90. The normalized spacial score (nSPS) is 10.6. The zero-order chi connectivity index (χ0) is 15.5. The quantitative estimate of drug-likeness (QED) is 0.807. The average molecular weight is 295 g/mol. The maximum atomic E-state index is 12.4. The predicted octanol–water partition coefficient (Wildman–Crippen LogP) is 3.11. The maximum absolute atomic E-state index is 12.4. The van der Waals surface area contributed by atoms with E-state index in [1.807, 2.05) is 55.5 Å². The Morgan fingerprint density at radius 2 is 2.05 bits per heavy atom. The van der Waals surface area contributed by atoms with Crippen LogP contribution in [-0.4, -0.2) is 22.9 Å². The molecule has 22 heavy (non-hydrogen) atoms. The van der Waals surface area contributed by atoms with Crippen molar-refractivity contribution in [3.8, 4) is 5.75 Å². The van der Waals surface area contributed by atoms with Crippen molar-refractivity contribution in [2.24, 2.45) is 0 Å². The molecular formula is C17H17N3O2. The van der Waals surface area contributed by atoms with E-state index in [2.05, 4.69) is 10.4 Å². The fourth-order valence-electron chi connectivity index (χ4n) is 2.41. The van der Waals surface area contributed by atoms with Crippen molar-refractivity contribution in [2.45, 2.75) is 13.5 Å². The van der Waals surface area contributed by atoms with Crippen molar-refractivity contribution < 1.29 is 9.53 Å². The molecule has 0 aliphatic carbocycles. The van der Waals surface area contributed by atoms with Crippen LogP contribution in [0, 0.1) is 6.92 Å². The van der Waals surface area contributed by atoms with Crippen molar-refractivity contribution in [3.63, 3.8) is 0 Å². The largest absolute Gasteiger partial charge is 0.497 e. The first-order chi connectivity index (χ1) is 10.7. The molecule has 0 fully saturated rings. The number of rotatable bonds is 3. The van der Waals surface area contributed by atoms with Crippen molar-refractivity contribution >= 4 is 16.9 Å². The number of para-hydroxylation sites is 1. The second kappa shape index (κ2) is 5.89. The summed E-state index contributed by atoms with van der Waals surface area (Å²) in [4.78, 5) is 12.4. The number of carbonyl (C=O) groups excluding carboxylic acids is 1. The van der Waals surface area contributed by atoms with E-state index in [1.165, 1.54) is 4.68 Å². The topological polar surface area (TPSA) is 56.1 Å². The Morgan fingerprint density at radius 1 is 1.23 bits per heavy atom. The Balaban J connectivity index is 1.79. The second-order valence-corrected chi connectivity index (χ2v) is 5.02. The third-order valence-corrected chi connectivity index (χ3v) is 3.54. The molecule has 1 N–H and O–H groups in total. The monoisotopic (exact) mass is 295 g/mol. The van der Waals surface area contributed by atoms with Gasteiger partial charge in [-0.15, -0.1) is 0 Å². The Labute approximate surface area is 128 Å². The number of hydrogen-bond donors (Lipinski definition) is 1. The summed E-state index contributed by atoms with van der Waals surface area (Å²) in [5, 5.41) is 8.18. The van der Waals surface area contributed by atoms with E-state index in [-0.39, 0.29) is 6.03 Å². The van der Waals surface area contributed by atoms with Gasteiger partial charge in [0.1, 0.15) is 5.75 Å². The third kappa shape index (κ3) is 2.65. The van der Waals surface area contributed by atoms with E-state index >= 15 is 0 Å². The predicted molar refractivity (Wildman–Crippen MR) is 85.1 cm³/mol. The summed E-state index contributed by atoms with van der Waals surface area (Å²) in [5.74, 6) is 0.770. The van der Waals surface area contributed by atoms with Gasteiger partial charge in [0, 0.05) is 11.9 Å². The molecular weight excluding hydrogens is 278 g/mol. The van der Waals surface area contributed by atoms with Crippen LogP contribution in [-0.2, 0) is 6.54 Å². The fourth-order valence-corrected chi connectivity index (χ4v) is 2.41. The van der Waals surface area contributed by atoms with Crippen molar-refractivity contribution in [1.29, 1.82) is 0 Å². The van der Waals surface area contributed by atoms with Crippen LogP contribution in [0.4, 0.5) is 4.79 Å². The van der Waals surface area contributed by atoms with Crippen LogP contribution in [0.3, 0.4) is 0 Å². The van der Waals surface area contributed by atoms with E-state index in [0.717, 1.165) is 27.9 Å². The Bertz CT molecular complexity index is 824. The van der Waals surface area contributed by atoms with Gasteiger partial charge in [-0.3, -0.25) is 0 Å². The number of ether oxygens (including phenoxy) is 1. The molecule has 5 heteroatoms. The first-order valence-electron chi connectivity index (χ1n) is 7.04. The third-order valence-electron chi connectivity index (χ3n) is 3.54. The number of carbonyl (C=O) groups is 1. The maximum Gasteiger partial charge on any atom is 0.342 e. The van der Waals surface area contributed by atoms with Gasteiger partial charge < -0.3 is 10.1 Å². The summed E-state index contributed by atoms with van der Waals surface area (Å²) in [6.45, 7) is 2.32. The lowest BCUT2D eigenvalue weighted by Gasteiger charge is -2.07. The number of nitrogens with one attached hydrogen (secondary N) is 1. The summed E-state index contributed by atoms with van der Waals surface area (Å²) in [6.07, 6.45) is 0. The van der Waals surface area contributed by atoms with Gasteiger partial charge in [-0.05, 0) is 30.7 Å². The zero-order valence-corrected chi connectivity index (χ0v) is 12.5. The van der Waals surface area contributed by atoms with Crippen LogP contribution in [0.5, 0.6) is 5.75 Å². The minimum Gasteiger partial charge on any atom is -0.497 e. The molecule has 0 aliphatic rings. The van der Waals surface area contributed by atoms with Gasteiger partial charge in [0.15, 0.2) is 0 Å². The van der Waals surface area contributed by atoms with E-state index in [9.17, 15) is 4.79 Å². The number of aryl methyl sites for hydroxylation is 1. The minimum atomic E-state index is -0.243. The molecule has 0 saturated carbocycles. The molecule has 0 atom stereocenters. The molecule has 0 aliphatic heterocycles. The first kappa shape index (κ1) is 14.1. The highest BCUT2D eigenvalue weighted by Crippen LogP contribution is 2.17.